The molecular weight excluding hydrogens is 440 g/mol. The number of ether oxygens (including phenoxy) is 2. The molecule has 0 saturated heterocycles. The largest absolute Gasteiger partial charge is 0.513 e. The van der Waals surface area contributed by atoms with Crippen LogP contribution in [0.1, 0.15) is 75.1 Å². The van der Waals surface area contributed by atoms with Crippen molar-refractivity contribution in [3.05, 3.63) is 63.4 Å². The molecule has 0 N–H and O–H groups in total. The van der Waals surface area contributed by atoms with Gasteiger partial charge in [-0.1, -0.05) is 47.9 Å². The average molecular weight is 483 g/mol. The standard InChI is InChI=1S/C29H42N2O4/c1-9-20(3)13-14-24-12-11-17-31(30(7)8)28(32)27(25(16-15-24)35-29(33)34-10-2)26-22(5)18-21(4)19-23(26)6/h12-13,18-19H,9-11,14-17H2,1-8H3. The number of amides is 1. The lowest BCUT2D eigenvalue weighted by Crippen LogP contribution is -2.43. The van der Waals surface area contributed by atoms with E-state index in [0.29, 0.717) is 30.7 Å². The quantitative estimate of drug-likeness (QED) is 0.321. The van der Waals surface area contributed by atoms with Crippen LogP contribution in [0, 0.1) is 20.8 Å². The molecule has 1 heterocycles. The zero-order valence-electron chi connectivity index (χ0n) is 22.8. The van der Waals surface area contributed by atoms with Crippen LogP contribution in [-0.4, -0.2) is 49.3 Å². The number of hydrogen-bond donors (Lipinski definition) is 0. The van der Waals surface area contributed by atoms with Crippen molar-refractivity contribution >= 4 is 17.6 Å². The van der Waals surface area contributed by atoms with E-state index in [2.05, 4.69) is 38.1 Å². The molecule has 6 heteroatoms. The molecule has 0 aliphatic carbocycles. The van der Waals surface area contributed by atoms with Crippen molar-refractivity contribution in [2.24, 2.45) is 0 Å². The Hall–Kier alpha value is -2.86. The second kappa shape index (κ2) is 13.3. The molecule has 1 amide bonds. The first-order chi connectivity index (χ1) is 16.6. The first kappa shape index (κ1) is 28.4. The molecule has 0 aromatic heterocycles. The summed E-state index contributed by atoms with van der Waals surface area (Å²) in [5.41, 5.74) is 6.94. The van der Waals surface area contributed by atoms with E-state index in [0.717, 1.165) is 41.5 Å². The lowest BCUT2D eigenvalue weighted by Gasteiger charge is -2.32. The number of hydrogen-bond acceptors (Lipinski definition) is 5. The van der Waals surface area contributed by atoms with Crippen LogP contribution in [0.25, 0.3) is 5.57 Å². The lowest BCUT2D eigenvalue weighted by atomic mass is 9.90. The molecule has 0 spiro atoms. The van der Waals surface area contributed by atoms with Gasteiger partial charge in [0.05, 0.1) is 12.2 Å². The molecule has 2 rings (SSSR count). The predicted octanol–water partition coefficient (Wildman–Crippen LogP) is 6.66. The molecule has 0 radical (unpaired) electrons. The van der Waals surface area contributed by atoms with E-state index in [1.165, 1.54) is 11.1 Å². The zero-order valence-corrected chi connectivity index (χ0v) is 22.8. The molecule has 1 aliphatic rings. The molecule has 0 bridgehead atoms. The van der Waals surface area contributed by atoms with Crippen molar-refractivity contribution in [1.82, 2.24) is 10.0 Å². The highest BCUT2D eigenvalue weighted by atomic mass is 16.7. The van der Waals surface area contributed by atoms with Crippen LogP contribution in [0.15, 0.2) is 41.2 Å². The number of rotatable bonds is 7. The highest BCUT2D eigenvalue weighted by molar-refractivity contribution is 6.21. The third kappa shape index (κ3) is 7.82. The van der Waals surface area contributed by atoms with Crippen molar-refractivity contribution in [2.45, 2.75) is 73.6 Å². The summed E-state index contributed by atoms with van der Waals surface area (Å²) in [6, 6.07) is 4.13. The highest BCUT2D eigenvalue weighted by Crippen LogP contribution is 2.33. The molecule has 1 aromatic rings. The Morgan fingerprint density at radius 3 is 2.34 bits per heavy atom. The summed E-state index contributed by atoms with van der Waals surface area (Å²) in [7, 11) is 3.72. The second-order valence-corrected chi connectivity index (χ2v) is 9.39. The maximum atomic E-state index is 14.0. The summed E-state index contributed by atoms with van der Waals surface area (Å²) in [6.07, 6.45) is 7.45. The molecule has 1 aromatic carbocycles. The van der Waals surface area contributed by atoms with Gasteiger partial charge in [-0.2, -0.15) is 0 Å². The summed E-state index contributed by atoms with van der Waals surface area (Å²) >= 11 is 0. The van der Waals surface area contributed by atoms with Gasteiger partial charge in [0.2, 0.25) is 0 Å². The molecular formula is C29H42N2O4. The fourth-order valence-corrected chi connectivity index (χ4v) is 4.43. The van der Waals surface area contributed by atoms with Crippen LogP contribution in [0.2, 0.25) is 0 Å². The van der Waals surface area contributed by atoms with Crippen LogP contribution in [0.4, 0.5) is 4.79 Å². The monoisotopic (exact) mass is 482 g/mol. The number of allylic oxidation sites excluding steroid dienone is 4. The fourth-order valence-electron chi connectivity index (χ4n) is 4.43. The molecule has 1 aliphatic heterocycles. The first-order valence-electron chi connectivity index (χ1n) is 12.6. The van der Waals surface area contributed by atoms with Gasteiger partial charge in [-0.15, -0.1) is 0 Å². The van der Waals surface area contributed by atoms with Gasteiger partial charge in [0.15, 0.2) is 0 Å². The van der Waals surface area contributed by atoms with Gasteiger partial charge in [0.1, 0.15) is 5.76 Å². The summed E-state index contributed by atoms with van der Waals surface area (Å²) in [5.74, 6) is 0.183. The van der Waals surface area contributed by atoms with E-state index in [1.807, 2.05) is 34.9 Å². The molecule has 6 nitrogen and oxygen atoms in total. The number of carbonyl (C=O) groups is 2. The van der Waals surface area contributed by atoms with E-state index in [4.69, 9.17) is 9.47 Å². The average Bonchev–Trinajstić information content (AvgIpc) is 2.78. The molecule has 35 heavy (non-hydrogen) atoms. The SMILES string of the molecule is CCOC(=O)OC1=C(c2c(C)cc(C)cc2C)C(=O)N(N(C)C)CCC=C(CC=C(C)CC)CC1. The Morgan fingerprint density at radius 1 is 1.11 bits per heavy atom. The molecule has 0 atom stereocenters. The Morgan fingerprint density at radius 2 is 1.77 bits per heavy atom. The van der Waals surface area contributed by atoms with Gasteiger partial charge in [-0.25, -0.2) is 9.80 Å². The van der Waals surface area contributed by atoms with Crippen LogP contribution in [-0.2, 0) is 14.3 Å². The van der Waals surface area contributed by atoms with E-state index >= 15 is 0 Å². The normalized spacial score (nSPS) is 15.9. The maximum Gasteiger partial charge on any atom is 0.513 e. The minimum absolute atomic E-state index is 0.178. The minimum Gasteiger partial charge on any atom is -0.434 e. The Labute approximate surface area is 211 Å². The van der Waals surface area contributed by atoms with Gasteiger partial charge in [-0.05, 0) is 77.0 Å². The maximum absolute atomic E-state index is 14.0. The van der Waals surface area contributed by atoms with E-state index in [-0.39, 0.29) is 12.5 Å². The minimum atomic E-state index is -0.782. The summed E-state index contributed by atoms with van der Waals surface area (Å²) in [5, 5.41) is 3.52. The Balaban J connectivity index is 2.71. The first-order valence-corrected chi connectivity index (χ1v) is 12.6. The number of nitrogens with zero attached hydrogens (tertiary/aromatic N) is 2. The predicted molar refractivity (Wildman–Crippen MR) is 142 cm³/mol. The van der Waals surface area contributed by atoms with E-state index in [1.54, 1.807) is 16.9 Å². The summed E-state index contributed by atoms with van der Waals surface area (Å²) in [6.45, 7) is 12.8. The number of carbonyl (C=O) groups excluding carboxylic acids is 2. The molecule has 192 valence electrons. The van der Waals surface area contributed by atoms with Crippen molar-refractivity contribution in [1.29, 1.82) is 0 Å². The van der Waals surface area contributed by atoms with Gasteiger partial charge in [0, 0.05) is 27.1 Å². The van der Waals surface area contributed by atoms with Crippen LogP contribution >= 0.6 is 0 Å². The van der Waals surface area contributed by atoms with Crippen molar-refractivity contribution in [3.8, 4) is 0 Å². The highest BCUT2D eigenvalue weighted by Gasteiger charge is 2.30. The second-order valence-electron chi connectivity index (χ2n) is 9.39. The smallest absolute Gasteiger partial charge is 0.434 e. The van der Waals surface area contributed by atoms with Gasteiger partial charge in [0.25, 0.3) is 5.91 Å². The van der Waals surface area contributed by atoms with Crippen LogP contribution < -0.4 is 0 Å². The summed E-state index contributed by atoms with van der Waals surface area (Å²) in [4.78, 5) is 26.5. The van der Waals surface area contributed by atoms with Crippen LogP contribution in [0.5, 0.6) is 0 Å². The van der Waals surface area contributed by atoms with Crippen molar-refractivity contribution in [3.63, 3.8) is 0 Å². The molecule has 0 unspecified atom stereocenters. The Bertz CT molecular complexity index is 995. The lowest BCUT2D eigenvalue weighted by molar-refractivity contribution is -0.137. The van der Waals surface area contributed by atoms with Gasteiger partial charge >= 0.3 is 6.16 Å². The number of aryl methyl sites for hydroxylation is 3. The van der Waals surface area contributed by atoms with Crippen LogP contribution in [0.3, 0.4) is 0 Å². The topological polar surface area (TPSA) is 59.1 Å². The number of hydrazine groups is 1. The Kier molecular flexibility index (Phi) is 10.8. The van der Waals surface area contributed by atoms with Gasteiger partial charge < -0.3 is 9.47 Å². The molecule has 0 saturated carbocycles. The van der Waals surface area contributed by atoms with Crippen molar-refractivity contribution in [2.75, 3.05) is 27.2 Å². The van der Waals surface area contributed by atoms with E-state index < -0.39 is 6.16 Å². The third-order valence-corrected chi connectivity index (χ3v) is 6.32. The zero-order chi connectivity index (χ0) is 26.1. The van der Waals surface area contributed by atoms with E-state index in [9.17, 15) is 9.59 Å². The molecule has 0 fully saturated rings. The fraction of sp³-hybridized carbons (Fsp3) is 0.517. The van der Waals surface area contributed by atoms with Gasteiger partial charge in [-0.3, -0.25) is 9.80 Å². The van der Waals surface area contributed by atoms with Crippen molar-refractivity contribution < 1.29 is 19.1 Å². The number of benzene rings is 1. The summed E-state index contributed by atoms with van der Waals surface area (Å²) < 4.78 is 10.9. The third-order valence-electron chi connectivity index (χ3n) is 6.32.